The monoisotopic (exact) mass is 440 g/mol. The van der Waals surface area contributed by atoms with Gasteiger partial charge in [0.1, 0.15) is 4.47 Å². The fourth-order valence-electron chi connectivity index (χ4n) is 2.14. The summed E-state index contributed by atoms with van der Waals surface area (Å²) in [5, 5.41) is 19.9. The van der Waals surface area contributed by atoms with E-state index in [0.29, 0.717) is 20.6 Å². The van der Waals surface area contributed by atoms with Crippen molar-refractivity contribution in [3.8, 4) is 0 Å². The third-order valence-corrected chi connectivity index (χ3v) is 5.46. The number of thiophene rings is 1. The molecule has 1 amide bonds. The third kappa shape index (κ3) is 3.47. The first kappa shape index (κ1) is 17.7. The molecule has 0 bridgehead atoms. The molecule has 3 rings (SSSR count). The third-order valence-electron chi connectivity index (χ3n) is 3.30. The van der Waals surface area contributed by atoms with Crippen LogP contribution in [0.2, 0.25) is 0 Å². The Labute approximate surface area is 159 Å². The molecule has 25 heavy (non-hydrogen) atoms. The van der Waals surface area contributed by atoms with E-state index < -0.39 is 10.8 Å². The lowest BCUT2D eigenvalue weighted by Gasteiger charge is -2.12. The maximum absolute atomic E-state index is 12.6. The van der Waals surface area contributed by atoms with E-state index >= 15 is 0 Å². The van der Waals surface area contributed by atoms with Crippen LogP contribution >= 0.6 is 39.5 Å². The largest absolute Gasteiger partial charge is 0.425 e. The number of amides is 1. The van der Waals surface area contributed by atoms with Crippen molar-refractivity contribution in [2.24, 2.45) is 0 Å². The number of hydrogen-bond acceptors (Lipinski definition) is 7. The average Bonchev–Trinajstić information content (AvgIpc) is 3.08. The number of nitro groups is 1. The second kappa shape index (κ2) is 7.00. The molecule has 0 atom stereocenters. The Bertz CT molecular complexity index is 907. The van der Waals surface area contributed by atoms with Crippen LogP contribution in [0.5, 0.6) is 0 Å². The molecule has 0 unspecified atom stereocenters. The summed E-state index contributed by atoms with van der Waals surface area (Å²) in [7, 11) is 0. The molecule has 1 aromatic heterocycles. The fourth-order valence-corrected chi connectivity index (χ4v) is 4.00. The van der Waals surface area contributed by atoms with Gasteiger partial charge in [-0.15, -0.1) is 0 Å². The molecule has 10 heteroatoms. The second-order valence-electron chi connectivity index (χ2n) is 4.90. The highest BCUT2D eigenvalue weighted by Gasteiger charge is 2.35. The SMILES string of the molecule is O=C1C(=Cc2cc(Br)c([N+](=O)[O-])s2)OC(=S)N1c1ccc(CO)cc1. The molecule has 0 aliphatic carbocycles. The van der Waals surface area contributed by atoms with Crippen molar-refractivity contribution in [3.05, 3.63) is 61.1 Å². The van der Waals surface area contributed by atoms with E-state index in [-0.39, 0.29) is 22.5 Å². The summed E-state index contributed by atoms with van der Waals surface area (Å²) in [6, 6.07) is 8.18. The maximum atomic E-state index is 12.6. The van der Waals surface area contributed by atoms with E-state index in [1.54, 1.807) is 24.3 Å². The number of thiocarbonyl (C=S) groups is 1. The molecule has 1 fully saturated rings. The summed E-state index contributed by atoms with van der Waals surface area (Å²) >= 11 is 9.13. The summed E-state index contributed by atoms with van der Waals surface area (Å²) in [6.45, 7) is -0.105. The average molecular weight is 441 g/mol. The number of rotatable bonds is 4. The number of carbonyl (C=O) groups excluding carboxylic acids is 1. The Morgan fingerprint density at radius 2 is 2.08 bits per heavy atom. The Hall–Kier alpha value is -2.14. The first-order valence-corrected chi connectivity index (χ1v) is 8.84. The van der Waals surface area contributed by atoms with Crippen LogP contribution in [0, 0.1) is 10.1 Å². The summed E-state index contributed by atoms with van der Waals surface area (Å²) in [5.41, 5.74) is 1.21. The van der Waals surface area contributed by atoms with Gasteiger partial charge in [-0.25, -0.2) is 4.90 Å². The van der Waals surface area contributed by atoms with E-state index in [2.05, 4.69) is 15.9 Å². The molecule has 7 nitrogen and oxygen atoms in total. The summed E-state index contributed by atoms with van der Waals surface area (Å²) < 4.78 is 5.68. The Morgan fingerprint density at radius 3 is 2.64 bits per heavy atom. The molecule has 1 saturated heterocycles. The lowest BCUT2D eigenvalue weighted by Crippen LogP contribution is -2.28. The number of carbonyl (C=O) groups is 1. The number of ether oxygens (including phenoxy) is 1. The zero-order valence-corrected chi connectivity index (χ0v) is 15.6. The van der Waals surface area contributed by atoms with Crippen LogP contribution in [0.1, 0.15) is 10.4 Å². The molecule has 0 saturated carbocycles. The van der Waals surface area contributed by atoms with Gasteiger partial charge in [0, 0.05) is 11.0 Å². The Balaban J connectivity index is 1.90. The second-order valence-corrected chi connectivity index (χ2v) is 7.17. The minimum atomic E-state index is -0.506. The summed E-state index contributed by atoms with van der Waals surface area (Å²) in [5.74, 6) is -0.478. The maximum Gasteiger partial charge on any atom is 0.338 e. The van der Waals surface area contributed by atoms with Crippen molar-refractivity contribution in [3.63, 3.8) is 0 Å². The van der Waals surface area contributed by atoms with Gasteiger partial charge in [0.25, 0.3) is 5.17 Å². The number of anilines is 1. The van der Waals surface area contributed by atoms with E-state index in [4.69, 9.17) is 22.1 Å². The van der Waals surface area contributed by atoms with Crippen molar-refractivity contribution in [2.45, 2.75) is 6.61 Å². The van der Waals surface area contributed by atoms with Gasteiger partial charge in [-0.05, 0) is 51.9 Å². The highest BCUT2D eigenvalue weighted by atomic mass is 79.9. The van der Waals surface area contributed by atoms with Gasteiger partial charge < -0.3 is 9.84 Å². The number of aliphatic hydroxyl groups is 1. The van der Waals surface area contributed by atoms with Gasteiger partial charge >= 0.3 is 10.9 Å². The fraction of sp³-hybridized carbons (Fsp3) is 0.0667. The molecule has 1 aromatic carbocycles. The quantitative estimate of drug-likeness (QED) is 0.337. The van der Waals surface area contributed by atoms with E-state index in [9.17, 15) is 14.9 Å². The topological polar surface area (TPSA) is 92.9 Å². The molecular formula is C15H9BrN2O5S2. The predicted octanol–water partition coefficient (Wildman–Crippen LogP) is 3.60. The van der Waals surface area contributed by atoms with E-state index in [1.165, 1.54) is 17.0 Å². The van der Waals surface area contributed by atoms with Gasteiger partial charge in [-0.3, -0.25) is 14.9 Å². The van der Waals surface area contributed by atoms with Crippen LogP contribution in [0.4, 0.5) is 10.7 Å². The van der Waals surface area contributed by atoms with Gasteiger partial charge in [0.15, 0.2) is 5.76 Å². The lowest BCUT2D eigenvalue weighted by molar-refractivity contribution is -0.380. The van der Waals surface area contributed by atoms with Crippen LogP contribution in [-0.4, -0.2) is 21.1 Å². The van der Waals surface area contributed by atoms with Crippen LogP contribution in [0.25, 0.3) is 6.08 Å². The van der Waals surface area contributed by atoms with Crippen molar-refractivity contribution in [2.75, 3.05) is 4.90 Å². The normalized spacial score (nSPS) is 15.8. The molecule has 1 aliphatic rings. The molecule has 128 valence electrons. The molecule has 0 spiro atoms. The van der Waals surface area contributed by atoms with Crippen molar-refractivity contribution in [1.29, 1.82) is 0 Å². The highest BCUT2D eigenvalue weighted by Crippen LogP contribution is 2.36. The summed E-state index contributed by atoms with van der Waals surface area (Å²) in [4.78, 5) is 24.7. The molecular weight excluding hydrogens is 432 g/mol. The molecule has 2 heterocycles. The Kier molecular flexibility index (Phi) is 4.95. The van der Waals surface area contributed by atoms with E-state index in [1.807, 2.05) is 0 Å². The number of benzene rings is 1. The van der Waals surface area contributed by atoms with Crippen LogP contribution in [0.3, 0.4) is 0 Å². The van der Waals surface area contributed by atoms with Crippen LogP contribution < -0.4 is 4.90 Å². The predicted molar refractivity (Wildman–Crippen MR) is 100 cm³/mol. The van der Waals surface area contributed by atoms with Gasteiger partial charge in [-0.2, -0.15) is 0 Å². The van der Waals surface area contributed by atoms with Gasteiger partial charge in [-0.1, -0.05) is 23.5 Å². The highest BCUT2D eigenvalue weighted by molar-refractivity contribution is 9.10. The number of aliphatic hydroxyl groups excluding tert-OH is 1. The standard InChI is InChI=1S/C15H9BrN2O5S2/c16-11-5-10(25-14(11)18(21)22)6-12-13(20)17(15(24)23-12)9-3-1-8(7-19)2-4-9/h1-6,19H,7H2. The molecule has 2 aromatic rings. The first-order valence-electron chi connectivity index (χ1n) is 6.82. The van der Waals surface area contributed by atoms with Crippen LogP contribution in [-0.2, 0) is 16.1 Å². The number of hydrogen-bond donors (Lipinski definition) is 1. The van der Waals surface area contributed by atoms with Crippen molar-refractivity contribution >= 4 is 67.3 Å². The number of nitrogens with zero attached hydrogens (tertiary/aromatic N) is 2. The van der Waals surface area contributed by atoms with E-state index in [0.717, 1.165) is 11.3 Å². The minimum Gasteiger partial charge on any atom is -0.425 e. The molecule has 1 N–H and O–H groups in total. The van der Waals surface area contributed by atoms with Gasteiger partial charge in [0.2, 0.25) is 0 Å². The van der Waals surface area contributed by atoms with Crippen molar-refractivity contribution in [1.82, 2.24) is 0 Å². The lowest BCUT2D eigenvalue weighted by atomic mass is 10.2. The zero-order chi connectivity index (χ0) is 18.1. The minimum absolute atomic E-state index is 0.0140. The first-order chi connectivity index (χ1) is 11.9. The molecule has 1 aliphatic heterocycles. The smallest absolute Gasteiger partial charge is 0.338 e. The van der Waals surface area contributed by atoms with Gasteiger partial charge in [0.05, 0.1) is 17.2 Å². The number of halogens is 1. The Morgan fingerprint density at radius 1 is 1.40 bits per heavy atom. The summed E-state index contributed by atoms with van der Waals surface area (Å²) in [6.07, 6.45) is 1.42. The zero-order valence-electron chi connectivity index (χ0n) is 12.3. The van der Waals surface area contributed by atoms with Crippen LogP contribution in [0.15, 0.2) is 40.6 Å². The molecule has 0 radical (unpaired) electrons. The van der Waals surface area contributed by atoms with Crippen molar-refractivity contribution < 1.29 is 19.6 Å².